The zero-order chi connectivity index (χ0) is 13.2. The molecule has 0 saturated heterocycles. The van der Waals surface area contributed by atoms with E-state index in [9.17, 15) is 4.79 Å². The fraction of sp³-hybridized carbons (Fsp3) is 0.0714. The molecular weight excluding hydrogens is 258 g/mol. The zero-order valence-electron chi connectivity index (χ0n) is 10.3. The van der Waals surface area contributed by atoms with Gasteiger partial charge in [0.2, 0.25) is 0 Å². The summed E-state index contributed by atoms with van der Waals surface area (Å²) >= 11 is 1.15. The third-order valence-corrected chi connectivity index (χ3v) is 3.47. The summed E-state index contributed by atoms with van der Waals surface area (Å²) in [5.41, 5.74) is 4.01. The van der Waals surface area contributed by atoms with E-state index in [0.29, 0.717) is 5.56 Å². The molecular formula is C14H11N3OS. The zero-order valence-corrected chi connectivity index (χ0v) is 11.1. The van der Waals surface area contributed by atoms with Crippen LogP contribution in [-0.2, 0) is 0 Å². The van der Waals surface area contributed by atoms with Crippen LogP contribution in [0, 0.1) is 6.92 Å². The van der Waals surface area contributed by atoms with Crippen LogP contribution in [0.15, 0.2) is 42.5 Å². The van der Waals surface area contributed by atoms with Gasteiger partial charge in [0.15, 0.2) is 0 Å². The van der Waals surface area contributed by atoms with Gasteiger partial charge in [0.05, 0.1) is 11.7 Å². The van der Waals surface area contributed by atoms with Crippen LogP contribution in [0.1, 0.15) is 15.9 Å². The molecule has 5 heteroatoms. The maximum absolute atomic E-state index is 12.2. The van der Waals surface area contributed by atoms with Crippen molar-refractivity contribution in [3.05, 3.63) is 53.6 Å². The van der Waals surface area contributed by atoms with Crippen LogP contribution in [0.4, 0.5) is 5.69 Å². The second-order valence-corrected chi connectivity index (χ2v) is 4.77. The SMILES string of the molecule is Cc1ccccc1NC(=O)c1ccc2nsnc2c1. The lowest BCUT2D eigenvalue weighted by atomic mass is 10.1. The van der Waals surface area contributed by atoms with Gasteiger partial charge in [0, 0.05) is 11.3 Å². The molecule has 2 aromatic carbocycles. The number of nitrogens with zero attached hydrogens (tertiary/aromatic N) is 2. The van der Waals surface area contributed by atoms with Gasteiger partial charge in [-0.05, 0) is 36.8 Å². The number of carbonyl (C=O) groups excluding carboxylic acids is 1. The van der Waals surface area contributed by atoms with Crippen molar-refractivity contribution in [3.63, 3.8) is 0 Å². The molecule has 19 heavy (non-hydrogen) atoms. The quantitative estimate of drug-likeness (QED) is 0.777. The number of para-hydroxylation sites is 1. The molecule has 0 fully saturated rings. The van der Waals surface area contributed by atoms with Crippen molar-refractivity contribution in [1.82, 2.24) is 8.75 Å². The smallest absolute Gasteiger partial charge is 0.255 e. The van der Waals surface area contributed by atoms with E-state index in [2.05, 4.69) is 14.1 Å². The minimum Gasteiger partial charge on any atom is -0.322 e. The number of aromatic nitrogens is 2. The van der Waals surface area contributed by atoms with Gasteiger partial charge < -0.3 is 5.32 Å². The fourth-order valence-electron chi connectivity index (χ4n) is 1.83. The molecule has 0 aliphatic rings. The minimum atomic E-state index is -0.135. The highest BCUT2D eigenvalue weighted by molar-refractivity contribution is 7.00. The van der Waals surface area contributed by atoms with Crippen LogP contribution >= 0.6 is 11.7 Å². The van der Waals surface area contributed by atoms with Crippen LogP contribution in [0.25, 0.3) is 11.0 Å². The van der Waals surface area contributed by atoms with Gasteiger partial charge in [-0.2, -0.15) is 8.75 Å². The fourth-order valence-corrected chi connectivity index (χ4v) is 2.35. The lowest BCUT2D eigenvalue weighted by Gasteiger charge is -2.07. The van der Waals surface area contributed by atoms with E-state index in [1.807, 2.05) is 37.3 Å². The van der Waals surface area contributed by atoms with Crippen molar-refractivity contribution in [3.8, 4) is 0 Å². The molecule has 1 amide bonds. The number of nitrogens with one attached hydrogen (secondary N) is 1. The van der Waals surface area contributed by atoms with E-state index < -0.39 is 0 Å². The van der Waals surface area contributed by atoms with E-state index in [0.717, 1.165) is 34.0 Å². The molecule has 1 heterocycles. The summed E-state index contributed by atoms with van der Waals surface area (Å²) in [5.74, 6) is -0.135. The third kappa shape index (κ3) is 2.32. The Labute approximate surface area is 114 Å². The number of aryl methyl sites for hydroxylation is 1. The summed E-state index contributed by atoms with van der Waals surface area (Å²) in [4.78, 5) is 12.2. The Bertz CT molecular complexity index is 751. The lowest BCUT2D eigenvalue weighted by molar-refractivity contribution is 0.102. The summed E-state index contributed by atoms with van der Waals surface area (Å²) in [7, 11) is 0. The van der Waals surface area contributed by atoms with Gasteiger partial charge in [-0.1, -0.05) is 18.2 Å². The minimum absolute atomic E-state index is 0.135. The summed E-state index contributed by atoms with van der Waals surface area (Å²) in [5, 5.41) is 2.90. The number of fused-ring (bicyclic) bond motifs is 1. The largest absolute Gasteiger partial charge is 0.322 e. The van der Waals surface area contributed by atoms with Crippen LogP contribution in [-0.4, -0.2) is 14.7 Å². The van der Waals surface area contributed by atoms with Gasteiger partial charge >= 0.3 is 0 Å². The van der Waals surface area contributed by atoms with Crippen LogP contribution < -0.4 is 5.32 Å². The average molecular weight is 269 g/mol. The number of hydrogen-bond acceptors (Lipinski definition) is 4. The maximum Gasteiger partial charge on any atom is 0.255 e. The third-order valence-electron chi connectivity index (χ3n) is 2.91. The van der Waals surface area contributed by atoms with Crippen LogP contribution in [0.2, 0.25) is 0 Å². The first kappa shape index (κ1) is 11.8. The maximum atomic E-state index is 12.2. The second-order valence-electron chi connectivity index (χ2n) is 4.24. The molecule has 0 bridgehead atoms. The first-order chi connectivity index (χ1) is 9.24. The second kappa shape index (κ2) is 4.78. The number of hydrogen-bond donors (Lipinski definition) is 1. The lowest BCUT2D eigenvalue weighted by Crippen LogP contribution is -2.12. The van der Waals surface area contributed by atoms with E-state index in [1.54, 1.807) is 12.1 Å². The summed E-state index contributed by atoms with van der Waals surface area (Å²) in [6.07, 6.45) is 0. The summed E-state index contributed by atoms with van der Waals surface area (Å²) in [6, 6.07) is 13.0. The molecule has 94 valence electrons. The molecule has 1 N–H and O–H groups in total. The molecule has 4 nitrogen and oxygen atoms in total. The highest BCUT2D eigenvalue weighted by Crippen LogP contribution is 2.17. The Balaban J connectivity index is 1.89. The molecule has 0 unspecified atom stereocenters. The normalized spacial score (nSPS) is 10.6. The molecule has 0 spiro atoms. The van der Waals surface area contributed by atoms with E-state index in [-0.39, 0.29) is 5.91 Å². The van der Waals surface area contributed by atoms with Gasteiger partial charge in [0.1, 0.15) is 11.0 Å². The predicted octanol–water partition coefficient (Wildman–Crippen LogP) is 3.25. The highest BCUT2D eigenvalue weighted by atomic mass is 32.1. The van der Waals surface area contributed by atoms with Crippen molar-refractivity contribution >= 4 is 34.4 Å². The van der Waals surface area contributed by atoms with E-state index in [4.69, 9.17) is 0 Å². The van der Waals surface area contributed by atoms with E-state index in [1.165, 1.54) is 0 Å². The summed E-state index contributed by atoms with van der Waals surface area (Å²) < 4.78 is 8.25. The van der Waals surface area contributed by atoms with Crippen LogP contribution in [0.5, 0.6) is 0 Å². The first-order valence-corrected chi connectivity index (χ1v) is 6.56. The Morgan fingerprint density at radius 3 is 2.74 bits per heavy atom. The van der Waals surface area contributed by atoms with Gasteiger partial charge in [0.25, 0.3) is 5.91 Å². The number of rotatable bonds is 2. The number of amides is 1. The van der Waals surface area contributed by atoms with Gasteiger partial charge in [-0.25, -0.2) is 0 Å². The van der Waals surface area contributed by atoms with Crippen molar-refractivity contribution in [1.29, 1.82) is 0 Å². The van der Waals surface area contributed by atoms with E-state index >= 15 is 0 Å². The Kier molecular flexibility index (Phi) is 2.97. The number of anilines is 1. The topological polar surface area (TPSA) is 54.9 Å². The van der Waals surface area contributed by atoms with Crippen molar-refractivity contribution in [2.24, 2.45) is 0 Å². The predicted molar refractivity (Wildman–Crippen MR) is 76.5 cm³/mol. The summed E-state index contributed by atoms with van der Waals surface area (Å²) in [6.45, 7) is 1.96. The molecule has 3 rings (SSSR count). The van der Waals surface area contributed by atoms with Crippen molar-refractivity contribution < 1.29 is 4.79 Å². The molecule has 0 saturated carbocycles. The first-order valence-electron chi connectivity index (χ1n) is 5.83. The van der Waals surface area contributed by atoms with Crippen LogP contribution in [0.3, 0.4) is 0 Å². The van der Waals surface area contributed by atoms with Gasteiger partial charge in [-0.3, -0.25) is 4.79 Å². The molecule has 3 aromatic rings. The standard InChI is InChI=1S/C14H11N3OS/c1-9-4-2-3-5-11(9)15-14(18)10-6-7-12-13(8-10)17-19-16-12/h2-8H,1H3,(H,15,18). The van der Waals surface area contributed by atoms with Crippen molar-refractivity contribution in [2.45, 2.75) is 6.92 Å². The molecule has 0 aliphatic carbocycles. The monoisotopic (exact) mass is 269 g/mol. The van der Waals surface area contributed by atoms with Gasteiger partial charge in [-0.15, -0.1) is 0 Å². The molecule has 0 atom stereocenters. The highest BCUT2D eigenvalue weighted by Gasteiger charge is 2.09. The average Bonchev–Trinajstić information content (AvgIpc) is 2.88. The molecule has 0 radical (unpaired) electrons. The Morgan fingerprint density at radius 1 is 1.11 bits per heavy atom. The van der Waals surface area contributed by atoms with Crippen molar-refractivity contribution in [2.75, 3.05) is 5.32 Å². The molecule has 0 aliphatic heterocycles. The Hall–Kier alpha value is -2.27. The Morgan fingerprint density at radius 2 is 1.89 bits per heavy atom. The molecule has 1 aromatic heterocycles. The number of carbonyl (C=O) groups is 1. The number of benzene rings is 2.